The molecular weight excluding hydrogens is 440 g/mol. The van der Waals surface area contributed by atoms with Crippen LogP contribution in [0.3, 0.4) is 0 Å². The minimum Gasteiger partial charge on any atom is -0.460 e. The van der Waals surface area contributed by atoms with E-state index in [1.54, 1.807) is 41.5 Å². The van der Waals surface area contributed by atoms with Crippen molar-refractivity contribution in [3.63, 3.8) is 0 Å². The summed E-state index contributed by atoms with van der Waals surface area (Å²) in [7, 11) is 0. The van der Waals surface area contributed by atoms with Gasteiger partial charge in [-0.2, -0.15) is 0 Å². The zero-order valence-electron chi connectivity index (χ0n) is 22.5. The van der Waals surface area contributed by atoms with Gasteiger partial charge in [0.15, 0.2) is 0 Å². The lowest BCUT2D eigenvalue weighted by Gasteiger charge is -2.23. The Kier molecular flexibility index (Phi) is 15.1. The van der Waals surface area contributed by atoms with Gasteiger partial charge in [-0.3, -0.25) is 9.59 Å². The molecule has 0 aliphatic rings. The standard InChI is InChI=1S/C26H46O8/c1-19(27)17-21(23(29)33-25(3,4)5)11-9-13-31-15-16-32-14-10-12-22(18-20(2)28)24(30)34-26(6,7)8/h21-22H,9-18H2,1-8H3/t21-,22-/m0/s1. The summed E-state index contributed by atoms with van der Waals surface area (Å²) < 4.78 is 21.9. The van der Waals surface area contributed by atoms with Gasteiger partial charge in [0.25, 0.3) is 0 Å². The topological polar surface area (TPSA) is 105 Å². The van der Waals surface area contributed by atoms with Crippen LogP contribution >= 0.6 is 0 Å². The zero-order chi connectivity index (χ0) is 26.4. The minimum absolute atomic E-state index is 0.0395. The SMILES string of the molecule is CC(=O)C[C@H](CCCOCCOCCC[C@@H](CC(C)=O)C(=O)OC(C)(C)C)C(=O)OC(C)(C)C. The molecule has 0 aliphatic heterocycles. The van der Waals surface area contributed by atoms with Gasteiger partial charge in [0.1, 0.15) is 22.8 Å². The Balaban J connectivity index is 4.12. The minimum atomic E-state index is -0.584. The van der Waals surface area contributed by atoms with Crippen LogP contribution in [0, 0.1) is 11.8 Å². The largest absolute Gasteiger partial charge is 0.460 e. The van der Waals surface area contributed by atoms with E-state index in [1.165, 1.54) is 13.8 Å². The number of hydrogen-bond acceptors (Lipinski definition) is 8. The first-order valence-corrected chi connectivity index (χ1v) is 12.2. The van der Waals surface area contributed by atoms with Gasteiger partial charge in [0, 0.05) is 26.1 Å². The van der Waals surface area contributed by atoms with E-state index in [4.69, 9.17) is 18.9 Å². The van der Waals surface area contributed by atoms with Gasteiger partial charge < -0.3 is 28.5 Å². The lowest BCUT2D eigenvalue weighted by Crippen LogP contribution is -2.30. The van der Waals surface area contributed by atoms with E-state index in [1.807, 2.05) is 0 Å². The Hall–Kier alpha value is -1.80. The van der Waals surface area contributed by atoms with Gasteiger partial charge in [-0.1, -0.05) is 0 Å². The fourth-order valence-corrected chi connectivity index (χ4v) is 3.26. The molecule has 0 unspecified atom stereocenters. The summed E-state index contributed by atoms with van der Waals surface area (Å²) in [5.41, 5.74) is -1.17. The van der Waals surface area contributed by atoms with Gasteiger partial charge in [-0.25, -0.2) is 0 Å². The van der Waals surface area contributed by atoms with Crippen molar-refractivity contribution in [2.45, 2.75) is 105 Å². The fraction of sp³-hybridized carbons (Fsp3) is 0.846. The van der Waals surface area contributed by atoms with E-state index in [0.717, 1.165) is 0 Å². The predicted molar refractivity (Wildman–Crippen MR) is 129 cm³/mol. The number of rotatable bonds is 17. The van der Waals surface area contributed by atoms with Crippen molar-refractivity contribution in [2.24, 2.45) is 11.8 Å². The molecule has 8 heteroatoms. The third kappa shape index (κ3) is 18.6. The molecule has 0 bridgehead atoms. The van der Waals surface area contributed by atoms with Gasteiger partial charge >= 0.3 is 11.9 Å². The Morgan fingerprint density at radius 3 is 1.18 bits per heavy atom. The average molecular weight is 487 g/mol. The number of esters is 2. The Morgan fingerprint density at radius 2 is 0.912 bits per heavy atom. The van der Waals surface area contributed by atoms with Crippen LogP contribution in [-0.4, -0.2) is 61.1 Å². The third-order valence-electron chi connectivity index (χ3n) is 4.60. The number of carbonyl (C=O) groups is 4. The summed E-state index contributed by atoms with van der Waals surface area (Å²) in [6, 6.07) is 0. The molecule has 0 saturated heterocycles. The Labute approximate surface area is 205 Å². The first kappa shape index (κ1) is 32.2. The molecule has 0 heterocycles. The molecule has 0 aliphatic carbocycles. The van der Waals surface area contributed by atoms with E-state index in [0.29, 0.717) is 52.1 Å². The summed E-state index contributed by atoms with van der Waals surface area (Å²) in [6.07, 6.45) is 2.67. The van der Waals surface area contributed by atoms with Crippen LogP contribution in [0.5, 0.6) is 0 Å². The monoisotopic (exact) mass is 486 g/mol. The summed E-state index contributed by atoms with van der Waals surface area (Å²) >= 11 is 0. The number of hydrogen-bond donors (Lipinski definition) is 0. The molecule has 0 rings (SSSR count). The van der Waals surface area contributed by atoms with E-state index in [-0.39, 0.29) is 36.3 Å². The third-order valence-corrected chi connectivity index (χ3v) is 4.60. The van der Waals surface area contributed by atoms with Gasteiger partial charge in [0.2, 0.25) is 0 Å². The van der Waals surface area contributed by atoms with Gasteiger partial charge in [-0.05, 0) is 81.1 Å². The Morgan fingerprint density at radius 1 is 0.588 bits per heavy atom. The summed E-state index contributed by atoms with van der Waals surface area (Å²) in [6.45, 7) is 15.5. The van der Waals surface area contributed by atoms with Crippen LogP contribution in [-0.2, 0) is 38.1 Å². The second kappa shape index (κ2) is 16.0. The van der Waals surface area contributed by atoms with Crippen molar-refractivity contribution in [1.29, 1.82) is 0 Å². The van der Waals surface area contributed by atoms with Gasteiger partial charge in [-0.15, -0.1) is 0 Å². The predicted octanol–water partition coefficient (Wildman–Crippen LogP) is 4.45. The van der Waals surface area contributed by atoms with Crippen LogP contribution < -0.4 is 0 Å². The van der Waals surface area contributed by atoms with Gasteiger partial charge in [0.05, 0.1) is 25.0 Å². The molecule has 0 aromatic carbocycles. The maximum Gasteiger partial charge on any atom is 0.309 e. The molecule has 0 saturated carbocycles. The summed E-state index contributed by atoms with van der Waals surface area (Å²) in [5, 5.41) is 0. The average Bonchev–Trinajstić information content (AvgIpc) is 2.64. The number of ether oxygens (including phenoxy) is 4. The quantitative estimate of drug-likeness (QED) is 0.219. The van der Waals surface area contributed by atoms with Crippen molar-refractivity contribution >= 4 is 23.5 Å². The lowest BCUT2D eigenvalue weighted by atomic mass is 9.97. The fourth-order valence-electron chi connectivity index (χ4n) is 3.26. The van der Waals surface area contributed by atoms with Crippen LogP contribution in [0.2, 0.25) is 0 Å². The van der Waals surface area contributed by atoms with E-state index in [9.17, 15) is 19.2 Å². The maximum absolute atomic E-state index is 12.3. The number of carbonyl (C=O) groups excluding carboxylic acids is 4. The normalized spacial score (nSPS) is 13.8. The first-order valence-electron chi connectivity index (χ1n) is 12.2. The highest BCUT2D eigenvalue weighted by atomic mass is 16.6. The highest BCUT2D eigenvalue weighted by Gasteiger charge is 2.27. The number of ketones is 2. The molecule has 0 N–H and O–H groups in total. The second-order valence-corrected chi connectivity index (χ2v) is 10.8. The highest BCUT2D eigenvalue weighted by molar-refractivity contribution is 5.83. The second-order valence-electron chi connectivity index (χ2n) is 10.8. The molecule has 0 amide bonds. The van der Waals surface area contributed by atoms with E-state index in [2.05, 4.69) is 0 Å². The van der Waals surface area contributed by atoms with Crippen LogP contribution in [0.15, 0.2) is 0 Å². The van der Waals surface area contributed by atoms with E-state index >= 15 is 0 Å². The molecule has 8 nitrogen and oxygen atoms in total. The van der Waals surface area contributed by atoms with Crippen LogP contribution in [0.1, 0.15) is 93.9 Å². The van der Waals surface area contributed by atoms with Crippen LogP contribution in [0.25, 0.3) is 0 Å². The smallest absolute Gasteiger partial charge is 0.309 e. The van der Waals surface area contributed by atoms with Crippen molar-refractivity contribution in [1.82, 2.24) is 0 Å². The molecule has 0 fully saturated rings. The first-order chi connectivity index (χ1) is 15.6. The molecule has 2 atom stereocenters. The van der Waals surface area contributed by atoms with E-state index < -0.39 is 23.0 Å². The maximum atomic E-state index is 12.3. The molecular formula is C26H46O8. The molecule has 0 spiro atoms. The molecule has 198 valence electrons. The Bertz CT molecular complexity index is 586. The molecule has 0 aromatic rings. The summed E-state index contributed by atoms with van der Waals surface area (Å²) in [5.74, 6) is -1.68. The molecule has 34 heavy (non-hydrogen) atoms. The highest BCUT2D eigenvalue weighted by Crippen LogP contribution is 2.20. The lowest BCUT2D eigenvalue weighted by molar-refractivity contribution is -0.162. The zero-order valence-corrected chi connectivity index (χ0v) is 22.5. The van der Waals surface area contributed by atoms with Crippen molar-refractivity contribution in [3.8, 4) is 0 Å². The van der Waals surface area contributed by atoms with Crippen molar-refractivity contribution in [3.05, 3.63) is 0 Å². The molecule has 0 radical (unpaired) electrons. The van der Waals surface area contributed by atoms with Crippen LogP contribution in [0.4, 0.5) is 0 Å². The van der Waals surface area contributed by atoms with Crippen molar-refractivity contribution in [2.75, 3.05) is 26.4 Å². The number of Topliss-reactive ketones (excluding diaryl/α,β-unsaturated/α-hetero) is 2. The summed E-state index contributed by atoms with van der Waals surface area (Å²) in [4.78, 5) is 47.5. The molecule has 0 aromatic heterocycles. The van der Waals surface area contributed by atoms with Crippen molar-refractivity contribution < 1.29 is 38.1 Å².